The van der Waals surface area contributed by atoms with E-state index in [1.54, 1.807) is 12.1 Å². The molecule has 0 unspecified atom stereocenters. The molecule has 1 aromatic carbocycles. The molecule has 0 aliphatic heterocycles. The van der Waals surface area contributed by atoms with Gasteiger partial charge in [-0.3, -0.25) is 0 Å². The predicted octanol–water partition coefficient (Wildman–Crippen LogP) is 2.51. The Bertz CT molecular complexity index is 382. The number of carbonyl (C=O) groups excluding carboxylic acids is 1. The highest BCUT2D eigenvalue weighted by Crippen LogP contribution is 2.19. The highest BCUT2D eigenvalue weighted by atomic mass is 35.5. The van der Waals surface area contributed by atoms with E-state index in [1.807, 2.05) is 6.92 Å². The highest BCUT2D eigenvalue weighted by Gasteiger charge is 2.11. The lowest BCUT2D eigenvalue weighted by molar-refractivity contribution is 0.0452. The molecule has 1 aromatic rings. The van der Waals surface area contributed by atoms with E-state index in [9.17, 15) is 4.79 Å². The Labute approximate surface area is 106 Å². The third-order valence-electron chi connectivity index (χ3n) is 2.08. The molecule has 94 valence electrons. The number of rotatable bonds is 6. The largest absolute Gasteiger partial charge is 0.462 e. The molecule has 2 N–H and O–H groups in total. The van der Waals surface area contributed by atoms with Crippen LogP contribution >= 0.6 is 11.6 Å². The predicted molar refractivity (Wildman–Crippen MR) is 67.3 cm³/mol. The zero-order valence-corrected chi connectivity index (χ0v) is 10.5. The van der Waals surface area contributed by atoms with Gasteiger partial charge in [0.2, 0.25) is 0 Å². The highest BCUT2D eigenvalue weighted by molar-refractivity contribution is 6.33. The quantitative estimate of drug-likeness (QED) is 0.483. The van der Waals surface area contributed by atoms with Crippen molar-refractivity contribution in [1.82, 2.24) is 0 Å². The van der Waals surface area contributed by atoms with Crippen LogP contribution in [0.5, 0.6) is 0 Å². The Morgan fingerprint density at radius 3 is 2.82 bits per heavy atom. The van der Waals surface area contributed by atoms with Crippen LogP contribution in [0.15, 0.2) is 18.2 Å². The van der Waals surface area contributed by atoms with Crippen molar-refractivity contribution in [3.8, 4) is 0 Å². The third kappa shape index (κ3) is 4.63. The smallest absolute Gasteiger partial charge is 0.339 e. The summed E-state index contributed by atoms with van der Waals surface area (Å²) in [7, 11) is 0. The SMILES string of the molecule is CCOCCCOC(=O)c1ccc(N)cc1Cl. The number of anilines is 1. The van der Waals surface area contributed by atoms with Gasteiger partial charge in [0.1, 0.15) is 0 Å². The summed E-state index contributed by atoms with van der Waals surface area (Å²) in [4.78, 5) is 11.6. The van der Waals surface area contributed by atoms with Gasteiger partial charge in [-0.15, -0.1) is 0 Å². The van der Waals surface area contributed by atoms with Crippen molar-refractivity contribution in [1.29, 1.82) is 0 Å². The first-order valence-electron chi connectivity index (χ1n) is 5.45. The molecule has 5 heteroatoms. The van der Waals surface area contributed by atoms with Crippen LogP contribution in [0.2, 0.25) is 5.02 Å². The fraction of sp³-hybridized carbons (Fsp3) is 0.417. The summed E-state index contributed by atoms with van der Waals surface area (Å²) in [6.07, 6.45) is 0.673. The molecule has 0 aromatic heterocycles. The van der Waals surface area contributed by atoms with E-state index in [4.69, 9.17) is 26.8 Å². The summed E-state index contributed by atoms with van der Waals surface area (Å²) in [6, 6.07) is 4.70. The van der Waals surface area contributed by atoms with E-state index in [2.05, 4.69) is 0 Å². The minimum atomic E-state index is -0.438. The van der Waals surface area contributed by atoms with Gasteiger partial charge in [-0.25, -0.2) is 4.79 Å². The lowest BCUT2D eigenvalue weighted by Gasteiger charge is -2.06. The van der Waals surface area contributed by atoms with Crippen molar-refractivity contribution in [2.45, 2.75) is 13.3 Å². The number of halogens is 1. The molecule has 0 amide bonds. The second-order valence-electron chi connectivity index (χ2n) is 3.43. The Hall–Kier alpha value is -1.26. The molecular weight excluding hydrogens is 242 g/mol. The summed E-state index contributed by atoms with van der Waals surface area (Å²) in [5.41, 5.74) is 6.38. The van der Waals surface area contributed by atoms with Gasteiger partial charge in [0, 0.05) is 25.3 Å². The topological polar surface area (TPSA) is 61.5 Å². The van der Waals surface area contributed by atoms with Crippen LogP contribution < -0.4 is 5.73 Å². The standard InChI is InChI=1S/C12H16ClNO3/c1-2-16-6-3-7-17-12(15)10-5-4-9(14)8-11(10)13/h4-5,8H,2-3,6-7,14H2,1H3. The first kappa shape index (κ1) is 13.8. The molecule has 1 rings (SSSR count). The molecule has 0 aliphatic carbocycles. The monoisotopic (exact) mass is 257 g/mol. The number of hydrogen-bond donors (Lipinski definition) is 1. The van der Waals surface area contributed by atoms with Gasteiger partial charge in [-0.05, 0) is 25.1 Å². The maximum Gasteiger partial charge on any atom is 0.339 e. The van der Waals surface area contributed by atoms with Gasteiger partial charge in [0.05, 0.1) is 17.2 Å². The molecule has 0 fully saturated rings. The van der Waals surface area contributed by atoms with E-state index in [0.29, 0.717) is 42.5 Å². The van der Waals surface area contributed by atoms with Crippen LogP contribution in [-0.4, -0.2) is 25.8 Å². The van der Waals surface area contributed by atoms with Crippen molar-refractivity contribution in [2.75, 3.05) is 25.6 Å². The maximum atomic E-state index is 11.6. The minimum Gasteiger partial charge on any atom is -0.462 e. The van der Waals surface area contributed by atoms with Gasteiger partial charge in [0.25, 0.3) is 0 Å². The molecule has 0 heterocycles. The van der Waals surface area contributed by atoms with Gasteiger partial charge in [-0.2, -0.15) is 0 Å². The first-order chi connectivity index (χ1) is 8.15. The maximum absolute atomic E-state index is 11.6. The fourth-order valence-corrected chi connectivity index (χ4v) is 1.51. The molecule has 0 radical (unpaired) electrons. The van der Waals surface area contributed by atoms with E-state index < -0.39 is 5.97 Å². The molecule has 0 bridgehead atoms. The normalized spacial score (nSPS) is 10.2. The lowest BCUT2D eigenvalue weighted by Crippen LogP contribution is -2.09. The molecular formula is C12H16ClNO3. The molecule has 0 spiro atoms. The van der Waals surface area contributed by atoms with Crippen molar-refractivity contribution in [2.24, 2.45) is 0 Å². The molecule has 0 saturated heterocycles. The van der Waals surface area contributed by atoms with E-state index in [-0.39, 0.29) is 0 Å². The number of nitrogen functional groups attached to an aromatic ring is 1. The van der Waals surface area contributed by atoms with Gasteiger partial charge in [-0.1, -0.05) is 11.6 Å². The first-order valence-corrected chi connectivity index (χ1v) is 5.83. The van der Waals surface area contributed by atoms with Gasteiger partial charge in [0.15, 0.2) is 0 Å². The second kappa shape index (κ2) is 7.14. The fourth-order valence-electron chi connectivity index (χ4n) is 1.24. The minimum absolute atomic E-state index is 0.305. The zero-order valence-electron chi connectivity index (χ0n) is 9.74. The number of esters is 1. The second-order valence-corrected chi connectivity index (χ2v) is 3.83. The summed E-state index contributed by atoms with van der Waals surface area (Å²) < 4.78 is 10.2. The number of nitrogens with two attached hydrogens (primary N) is 1. The third-order valence-corrected chi connectivity index (χ3v) is 2.40. The van der Waals surface area contributed by atoms with Crippen LogP contribution in [0.4, 0.5) is 5.69 Å². The lowest BCUT2D eigenvalue weighted by atomic mass is 10.2. The average Bonchev–Trinajstić information content (AvgIpc) is 2.28. The van der Waals surface area contributed by atoms with Crippen molar-refractivity contribution in [3.63, 3.8) is 0 Å². The van der Waals surface area contributed by atoms with Crippen LogP contribution in [-0.2, 0) is 9.47 Å². The number of ether oxygens (including phenoxy) is 2. The average molecular weight is 258 g/mol. The van der Waals surface area contributed by atoms with Crippen molar-refractivity contribution in [3.05, 3.63) is 28.8 Å². The molecule has 4 nitrogen and oxygen atoms in total. The molecule has 0 saturated carbocycles. The van der Waals surface area contributed by atoms with Gasteiger partial charge < -0.3 is 15.2 Å². The van der Waals surface area contributed by atoms with Crippen LogP contribution in [0.3, 0.4) is 0 Å². The van der Waals surface area contributed by atoms with Crippen LogP contribution in [0.1, 0.15) is 23.7 Å². The Kier molecular flexibility index (Phi) is 5.80. The number of hydrogen-bond acceptors (Lipinski definition) is 4. The molecule has 0 atom stereocenters. The molecule has 0 aliphatic rings. The number of benzene rings is 1. The summed E-state index contributed by atoms with van der Waals surface area (Å²) in [5.74, 6) is -0.438. The zero-order chi connectivity index (χ0) is 12.7. The molecule has 17 heavy (non-hydrogen) atoms. The van der Waals surface area contributed by atoms with Gasteiger partial charge >= 0.3 is 5.97 Å². The van der Waals surface area contributed by atoms with Crippen LogP contribution in [0.25, 0.3) is 0 Å². The number of carbonyl (C=O) groups is 1. The summed E-state index contributed by atoms with van der Waals surface area (Å²) >= 11 is 5.88. The van der Waals surface area contributed by atoms with E-state index in [0.717, 1.165) is 0 Å². The van der Waals surface area contributed by atoms with Crippen molar-refractivity contribution < 1.29 is 14.3 Å². The van der Waals surface area contributed by atoms with E-state index in [1.165, 1.54) is 6.07 Å². The Morgan fingerprint density at radius 2 is 2.18 bits per heavy atom. The summed E-state index contributed by atoms with van der Waals surface area (Å²) in [5, 5.41) is 0.305. The Morgan fingerprint density at radius 1 is 1.41 bits per heavy atom. The summed E-state index contributed by atoms with van der Waals surface area (Å²) in [6.45, 7) is 3.48. The van der Waals surface area contributed by atoms with Crippen LogP contribution in [0, 0.1) is 0 Å². The van der Waals surface area contributed by atoms with Crippen molar-refractivity contribution >= 4 is 23.3 Å². The Balaban J connectivity index is 2.42. The van der Waals surface area contributed by atoms with E-state index >= 15 is 0 Å².